The van der Waals surface area contributed by atoms with E-state index in [0.717, 1.165) is 37.8 Å². The van der Waals surface area contributed by atoms with E-state index in [9.17, 15) is 0 Å². The van der Waals surface area contributed by atoms with Gasteiger partial charge in [-0.2, -0.15) is 9.97 Å². The van der Waals surface area contributed by atoms with E-state index in [0.29, 0.717) is 10.9 Å². The zero-order valence-electron chi connectivity index (χ0n) is 12.2. The summed E-state index contributed by atoms with van der Waals surface area (Å²) in [4.78, 5) is 17.0. The SMILES string of the molecule is COc1cc(N2CCN(c3ccc(Cl)cn3)CC2)nc(N)n1. The first kappa shape index (κ1) is 14.6. The van der Waals surface area contributed by atoms with Crippen LogP contribution in [0.1, 0.15) is 0 Å². The van der Waals surface area contributed by atoms with Crippen LogP contribution in [0.2, 0.25) is 5.02 Å². The van der Waals surface area contributed by atoms with E-state index in [4.69, 9.17) is 22.1 Å². The standard InChI is InChI=1S/C14H17ClN6O/c1-22-13-8-12(18-14(16)19-13)21-6-4-20(5-7-21)11-3-2-10(15)9-17-11/h2-3,8-9H,4-7H2,1H3,(H2,16,18,19). The summed E-state index contributed by atoms with van der Waals surface area (Å²) in [6, 6.07) is 5.59. The zero-order chi connectivity index (χ0) is 15.5. The highest BCUT2D eigenvalue weighted by Crippen LogP contribution is 2.22. The van der Waals surface area contributed by atoms with E-state index in [1.807, 2.05) is 12.1 Å². The molecule has 3 heterocycles. The number of hydrogen-bond acceptors (Lipinski definition) is 7. The molecule has 2 N–H and O–H groups in total. The minimum atomic E-state index is 0.219. The molecule has 0 aliphatic carbocycles. The maximum Gasteiger partial charge on any atom is 0.225 e. The summed E-state index contributed by atoms with van der Waals surface area (Å²) >= 11 is 5.87. The van der Waals surface area contributed by atoms with Crippen molar-refractivity contribution >= 4 is 29.2 Å². The van der Waals surface area contributed by atoms with Crippen LogP contribution in [0.4, 0.5) is 17.6 Å². The van der Waals surface area contributed by atoms with Crippen molar-refractivity contribution in [3.05, 3.63) is 29.4 Å². The van der Waals surface area contributed by atoms with Gasteiger partial charge in [-0.15, -0.1) is 0 Å². The number of hydrogen-bond donors (Lipinski definition) is 1. The van der Waals surface area contributed by atoms with Gasteiger partial charge in [-0.05, 0) is 12.1 Å². The highest BCUT2D eigenvalue weighted by molar-refractivity contribution is 6.30. The quantitative estimate of drug-likeness (QED) is 0.916. The third kappa shape index (κ3) is 3.14. The fourth-order valence-corrected chi connectivity index (χ4v) is 2.53. The summed E-state index contributed by atoms with van der Waals surface area (Å²) in [5, 5.41) is 0.644. The first-order chi connectivity index (χ1) is 10.7. The molecule has 0 aromatic carbocycles. The van der Waals surface area contributed by atoms with Gasteiger partial charge in [0.25, 0.3) is 0 Å². The van der Waals surface area contributed by atoms with Gasteiger partial charge < -0.3 is 20.3 Å². The van der Waals surface area contributed by atoms with Gasteiger partial charge in [0.2, 0.25) is 11.8 Å². The molecule has 0 spiro atoms. The average molecular weight is 321 g/mol. The molecule has 7 nitrogen and oxygen atoms in total. The van der Waals surface area contributed by atoms with Crippen LogP contribution in [0.15, 0.2) is 24.4 Å². The van der Waals surface area contributed by atoms with Crippen molar-refractivity contribution in [1.29, 1.82) is 0 Å². The maximum absolute atomic E-state index is 5.87. The maximum atomic E-state index is 5.87. The molecule has 0 atom stereocenters. The van der Waals surface area contributed by atoms with Gasteiger partial charge in [-0.25, -0.2) is 4.98 Å². The largest absolute Gasteiger partial charge is 0.481 e. The third-order valence-electron chi connectivity index (χ3n) is 3.55. The molecule has 3 rings (SSSR count). The second kappa shape index (κ2) is 6.23. The zero-order valence-corrected chi connectivity index (χ0v) is 13.0. The summed E-state index contributed by atoms with van der Waals surface area (Å²) in [6.45, 7) is 3.34. The molecule has 0 saturated carbocycles. The molecule has 0 amide bonds. The van der Waals surface area contributed by atoms with Crippen molar-refractivity contribution in [2.45, 2.75) is 0 Å². The van der Waals surface area contributed by atoms with Crippen LogP contribution in [0, 0.1) is 0 Å². The number of pyridine rings is 1. The van der Waals surface area contributed by atoms with E-state index in [-0.39, 0.29) is 5.95 Å². The number of nitrogen functional groups attached to an aromatic ring is 1. The Morgan fingerprint density at radius 2 is 1.77 bits per heavy atom. The van der Waals surface area contributed by atoms with Crippen LogP contribution in [0.5, 0.6) is 5.88 Å². The highest BCUT2D eigenvalue weighted by Gasteiger charge is 2.20. The minimum absolute atomic E-state index is 0.219. The Morgan fingerprint density at radius 1 is 1.09 bits per heavy atom. The smallest absolute Gasteiger partial charge is 0.225 e. The molecular formula is C14H17ClN6O. The van der Waals surface area contributed by atoms with Gasteiger partial charge in [0.15, 0.2) is 0 Å². The average Bonchev–Trinajstić information content (AvgIpc) is 2.55. The van der Waals surface area contributed by atoms with E-state index in [1.165, 1.54) is 0 Å². The Labute approximate surface area is 133 Å². The predicted molar refractivity (Wildman–Crippen MR) is 86.7 cm³/mol. The number of halogens is 1. The Balaban J connectivity index is 1.69. The van der Waals surface area contributed by atoms with Crippen molar-refractivity contribution < 1.29 is 4.74 Å². The molecule has 0 radical (unpaired) electrons. The number of aromatic nitrogens is 3. The molecule has 1 aliphatic heterocycles. The lowest BCUT2D eigenvalue weighted by atomic mass is 10.3. The number of ether oxygens (including phenoxy) is 1. The van der Waals surface area contributed by atoms with Crippen molar-refractivity contribution in [2.24, 2.45) is 0 Å². The monoisotopic (exact) mass is 320 g/mol. The fourth-order valence-electron chi connectivity index (χ4n) is 2.42. The molecule has 8 heteroatoms. The van der Waals surface area contributed by atoms with Crippen LogP contribution in [0.25, 0.3) is 0 Å². The van der Waals surface area contributed by atoms with Gasteiger partial charge in [0, 0.05) is 38.4 Å². The molecular weight excluding hydrogens is 304 g/mol. The Bertz CT molecular complexity index is 642. The van der Waals surface area contributed by atoms with Gasteiger partial charge >= 0.3 is 0 Å². The topological polar surface area (TPSA) is 80.4 Å². The second-order valence-corrected chi connectivity index (χ2v) is 5.37. The van der Waals surface area contributed by atoms with Crippen LogP contribution in [-0.2, 0) is 0 Å². The predicted octanol–water partition coefficient (Wildman–Crippen LogP) is 1.44. The number of methoxy groups -OCH3 is 1. The number of anilines is 3. The molecule has 0 bridgehead atoms. The fraction of sp³-hybridized carbons (Fsp3) is 0.357. The first-order valence-electron chi connectivity index (χ1n) is 6.96. The van der Waals surface area contributed by atoms with Gasteiger partial charge in [-0.1, -0.05) is 11.6 Å². The van der Waals surface area contributed by atoms with Gasteiger partial charge in [-0.3, -0.25) is 0 Å². The summed E-state index contributed by atoms with van der Waals surface area (Å²) < 4.78 is 5.14. The van der Waals surface area contributed by atoms with Crippen LogP contribution in [0.3, 0.4) is 0 Å². The number of piperazine rings is 1. The molecule has 0 unspecified atom stereocenters. The lowest BCUT2D eigenvalue weighted by molar-refractivity contribution is 0.397. The lowest BCUT2D eigenvalue weighted by Crippen LogP contribution is -2.47. The summed E-state index contributed by atoms with van der Waals surface area (Å²) in [7, 11) is 1.57. The van der Waals surface area contributed by atoms with Crippen LogP contribution >= 0.6 is 11.6 Å². The highest BCUT2D eigenvalue weighted by atomic mass is 35.5. The molecule has 2 aromatic heterocycles. The van der Waals surface area contributed by atoms with Crippen LogP contribution < -0.4 is 20.3 Å². The number of rotatable bonds is 3. The molecule has 1 aliphatic rings. The lowest BCUT2D eigenvalue weighted by Gasteiger charge is -2.36. The molecule has 1 fully saturated rings. The molecule has 22 heavy (non-hydrogen) atoms. The van der Waals surface area contributed by atoms with Gasteiger partial charge in [0.05, 0.1) is 12.1 Å². The minimum Gasteiger partial charge on any atom is -0.481 e. The van der Waals surface area contributed by atoms with Crippen molar-refractivity contribution in [3.63, 3.8) is 0 Å². The molecule has 1 saturated heterocycles. The Morgan fingerprint density at radius 3 is 2.36 bits per heavy atom. The van der Waals surface area contributed by atoms with Crippen LogP contribution in [-0.4, -0.2) is 48.2 Å². The second-order valence-electron chi connectivity index (χ2n) is 4.94. The number of nitrogens with two attached hydrogens (primary N) is 1. The van der Waals surface area contributed by atoms with E-state index < -0.39 is 0 Å². The molecule has 116 valence electrons. The Kier molecular flexibility index (Phi) is 4.15. The Hall–Kier alpha value is -2.28. The summed E-state index contributed by atoms with van der Waals surface area (Å²) in [5.74, 6) is 2.41. The van der Waals surface area contributed by atoms with E-state index in [1.54, 1.807) is 19.4 Å². The van der Waals surface area contributed by atoms with Crippen molar-refractivity contribution in [2.75, 3.05) is 48.8 Å². The third-order valence-corrected chi connectivity index (χ3v) is 3.78. The van der Waals surface area contributed by atoms with Gasteiger partial charge in [0.1, 0.15) is 11.6 Å². The van der Waals surface area contributed by atoms with Crippen molar-refractivity contribution in [3.8, 4) is 5.88 Å². The van der Waals surface area contributed by atoms with E-state index in [2.05, 4.69) is 24.8 Å². The summed E-state index contributed by atoms with van der Waals surface area (Å²) in [5.41, 5.74) is 5.71. The first-order valence-corrected chi connectivity index (χ1v) is 7.33. The normalized spacial score (nSPS) is 15.0. The number of nitrogens with zero attached hydrogens (tertiary/aromatic N) is 5. The summed E-state index contributed by atoms with van der Waals surface area (Å²) in [6.07, 6.45) is 1.67. The van der Waals surface area contributed by atoms with E-state index >= 15 is 0 Å². The van der Waals surface area contributed by atoms with Crippen molar-refractivity contribution in [1.82, 2.24) is 15.0 Å². The molecule has 2 aromatic rings.